The van der Waals surface area contributed by atoms with Gasteiger partial charge in [-0.05, 0) is 54.5 Å². The molecule has 43 heavy (non-hydrogen) atoms. The van der Waals surface area contributed by atoms with Crippen LogP contribution in [0, 0.1) is 0 Å². The third-order valence-electron chi connectivity index (χ3n) is 8.00. The lowest BCUT2D eigenvalue weighted by Gasteiger charge is -2.29. The summed E-state index contributed by atoms with van der Waals surface area (Å²) in [6.07, 6.45) is 3.94. The van der Waals surface area contributed by atoms with Crippen LogP contribution in [0.5, 0.6) is 0 Å². The number of guanidine groups is 1. The Morgan fingerprint density at radius 3 is 2.26 bits per heavy atom. The molecule has 3 aromatic carbocycles. The average molecular weight is 584 g/mol. The van der Waals surface area contributed by atoms with Gasteiger partial charge in [-0.25, -0.2) is 0 Å². The number of aliphatic imine (C=N–C) groups is 1. The van der Waals surface area contributed by atoms with Gasteiger partial charge < -0.3 is 32.3 Å². The number of hydrogen-bond acceptors (Lipinski definition) is 5. The molecule has 0 aliphatic carbocycles. The molecule has 9 heteroatoms. The molecule has 1 saturated heterocycles. The highest BCUT2D eigenvalue weighted by Gasteiger charge is 2.32. The van der Waals surface area contributed by atoms with Gasteiger partial charge in [0.2, 0.25) is 12.3 Å². The summed E-state index contributed by atoms with van der Waals surface area (Å²) in [6, 6.07) is 28.9. The third kappa shape index (κ3) is 9.94. The lowest BCUT2D eigenvalue weighted by atomic mass is 9.90. The number of nitrogens with zero attached hydrogens (tertiary/aromatic N) is 2. The van der Waals surface area contributed by atoms with Gasteiger partial charge >= 0.3 is 0 Å². The molecule has 0 bridgehead atoms. The van der Waals surface area contributed by atoms with E-state index in [9.17, 15) is 9.59 Å². The zero-order valence-corrected chi connectivity index (χ0v) is 24.8. The van der Waals surface area contributed by atoms with E-state index in [4.69, 9.17) is 11.5 Å². The number of carbonyl (C=O) groups is 2. The molecule has 228 valence electrons. The largest absolute Gasteiger partial charge is 0.370 e. The molecule has 5 rings (SSSR count). The quantitative estimate of drug-likeness (QED) is 0.102. The molecule has 7 N–H and O–H groups in total. The van der Waals surface area contributed by atoms with Crippen molar-refractivity contribution < 1.29 is 9.59 Å². The van der Waals surface area contributed by atoms with Crippen molar-refractivity contribution in [3.63, 3.8) is 0 Å². The summed E-state index contributed by atoms with van der Waals surface area (Å²) in [5.41, 5.74) is 16.2. The zero-order valence-electron chi connectivity index (χ0n) is 24.8. The van der Waals surface area contributed by atoms with Crippen LogP contribution in [0.3, 0.4) is 0 Å². The van der Waals surface area contributed by atoms with Crippen molar-refractivity contribution in [2.75, 3.05) is 32.7 Å². The molecule has 2 amide bonds. The molecule has 2 unspecified atom stereocenters. The first kappa shape index (κ1) is 31.7. The lowest BCUT2D eigenvalue weighted by Crippen LogP contribution is -2.48. The number of amides is 2. The minimum Gasteiger partial charge on any atom is -0.370 e. The zero-order chi connectivity index (χ0) is 30.3. The summed E-state index contributed by atoms with van der Waals surface area (Å²) in [7, 11) is 0. The first-order valence-corrected chi connectivity index (χ1v) is 15.2. The van der Waals surface area contributed by atoms with Crippen molar-refractivity contribution in [3.8, 4) is 0 Å². The molecule has 0 spiro atoms. The van der Waals surface area contributed by atoms with E-state index < -0.39 is 0 Å². The highest BCUT2D eigenvalue weighted by Crippen LogP contribution is 2.27. The lowest BCUT2D eigenvalue weighted by molar-refractivity contribution is -0.133. The van der Waals surface area contributed by atoms with Crippen molar-refractivity contribution >= 4 is 18.3 Å². The van der Waals surface area contributed by atoms with Crippen LogP contribution in [0.1, 0.15) is 47.4 Å². The van der Waals surface area contributed by atoms with E-state index in [1.807, 2.05) is 41.3 Å². The maximum atomic E-state index is 13.6. The van der Waals surface area contributed by atoms with Crippen LogP contribution in [-0.4, -0.2) is 68.0 Å². The second-order valence-electron chi connectivity index (χ2n) is 11.0. The van der Waals surface area contributed by atoms with Gasteiger partial charge in [0, 0.05) is 44.7 Å². The van der Waals surface area contributed by atoms with Gasteiger partial charge in [0.1, 0.15) is 0 Å². The number of hydrogen-bond donors (Lipinski definition) is 5. The Balaban J connectivity index is 0.000000353. The van der Waals surface area contributed by atoms with Crippen LogP contribution < -0.4 is 27.4 Å². The predicted octanol–water partition coefficient (Wildman–Crippen LogP) is 2.51. The average Bonchev–Trinajstić information content (AvgIpc) is 3.19. The Bertz CT molecular complexity index is 1230. The Morgan fingerprint density at radius 2 is 1.63 bits per heavy atom. The van der Waals surface area contributed by atoms with Gasteiger partial charge in [0.25, 0.3) is 0 Å². The van der Waals surface area contributed by atoms with E-state index in [0.29, 0.717) is 45.4 Å². The Morgan fingerprint density at radius 1 is 0.977 bits per heavy atom. The van der Waals surface area contributed by atoms with Crippen molar-refractivity contribution in [1.29, 1.82) is 0 Å². The molecule has 3 aromatic rings. The number of nitrogens with two attached hydrogens (primary N) is 2. The molecule has 2 aliphatic heterocycles. The van der Waals surface area contributed by atoms with Crippen LogP contribution in [0.25, 0.3) is 0 Å². The molecule has 0 aromatic heterocycles. The van der Waals surface area contributed by atoms with Gasteiger partial charge in [-0.3, -0.25) is 14.6 Å². The molecular weight excluding hydrogens is 538 g/mol. The summed E-state index contributed by atoms with van der Waals surface area (Å²) in [5, 5.41) is 9.53. The summed E-state index contributed by atoms with van der Waals surface area (Å²) in [6.45, 7) is 4.36. The smallest absolute Gasteiger partial charge is 0.239 e. The number of nitrogens with one attached hydrogen (secondary N) is 3. The van der Waals surface area contributed by atoms with E-state index in [1.54, 1.807) is 0 Å². The Labute approximate surface area is 255 Å². The minimum absolute atomic E-state index is 0.0177. The van der Waals surface area contributed by atoms with Crippen molar-refractivity contribution in [1.82, 2.24) is 20.9 Å². The molecule has 9 nitrogen and oxygen atoms in total. The maximum Gasteiger partial charge on any atom is 0.239 e. The summed E-state index contributed by atoms with van der Waals surface area (Å²) >= 11 is 0. The van der Waals surface area contributed by atoms with Crippen LogP contribution >= 0.6 is 0 Å². The Hall–Kier alpha value is -4.21. The molecule has 2 atom stereocenters. The van der Waals surface area contributed by atoms with Gasteiger partial charge in [0.15, 0.2) is 5.96 Å². The van der Waals surface area contributed by atoms with Gasteiger partial charge in [-0.2, -0.15) is 0 Å². The molecule has 0 saturated carbocycles. The highest BCUT2D eigenvalue weighted by atomic mass is 16.2. The molecule has 2 aliphatic rings. The summed E-state index contributed by atoms with van der Waals surface area (Å²) in [4.78, 5) is 30.4. The maximum absolute atomic E-state index is 13.6. The standard InChI is InChI=1S/C25H34N6O2.C9H11N/c26-25(27)29-14-7-12-23-24(33)31(15-13-21(30-23)16-28-18-32)17-22(19-8-3-1-4-9-19)20-10-5-2-6-11-20;1-2-4-9-7-10-6-5-8(9)3-1/h1-6,8-11,18,21-23,30H,7,12-17H2,(H,28,32)(H4,26,27,29);1-4,10H,5-7H2. The van der Waals surface area contributed by atoms with Gasteiger partial charge in [0.05, 0.1) is 6.04 Å². The molecular formula is C34H45N7O2. The van der Waals surface area contributed by atoms with Crippen LogP contribution in [0.2, 0.25) is 0 Å². The number of benzene rings is 3. The normalized spacial score (nSPS) is 18.1. The topological polar surface area (TPSA) is 138 Å². The van der Waals surface area contributed by atoms with Crippen LogP contribution in [0.4, 0.5) is 0 Å². The first-order chi connectivity index (χ1) is 21.0. The van der Waals surface area contributed by atoms with E-state index in [2.05, 4.69) is 69.5 Å². The summed E-state index contributed by atoms with van der Waals surface area (Å²) in [5.74, 6) is 0.201. The van der Waals surface area contributed by atoms with Crippen molar-refractivity contribution in [2.45, 2.75) is 50.2 Å². The van der Waals surface area contributed by atoms with Gasteiger partial charge in [-0.15, -0.1) is 0 Å². The fourth-order valence-corrected chi connectivity index (χ4v) is 5.74. The molecule has 2 heterocycles. The fourth-order valence-electron chi connectivity index (χ4n) is 5.74. The number of carbonyl (C=O) groups excluding carboxylic acids is 2. The number of fused-ring (bicyclic) bond motifs is 1. The summed E-state index contributed by atoms with van der Waals surface area (Å²) < 4.78 is 0. The SMILES string of the molecule is NC(N)=NCCCC1NC(CNC=O)CCN(CC(c2ccccc2)c2ccccc2)C1=O.c1ccc2c(c1)CCNC2. The van der Waals surface area contributed by atoms with Crippen molar-refractivity contribution in [2.24, 2.45) is 16.5 Å². The monoisotopic (exact) mass is 583 g/mol. The Kier molecular flexibility index (Phi) is 12.6. The second-order valence-corrected chi connectivity index (χ2v) is 11.0. The first-order valence-electron chi connectivity index (χ1n) is 15.2. The van der Waals surface area contributed by atoms with Crippen LogP contribution in [0.15, 0.2) is 89.9 Å². The third-order valence-corrected chi connectivity index (χ3v) is 8.00. The van der Waals surface area contributed by atoms with Crippen molar-refractivity contribution in [3.05, 3.63) is 107 Å². The fraction of sp³-hybridized carbons (Fsp3) is 0.382. The molecule has 1 fully saturated rings. The molecule has 0 radical (unpaired) electrons. The van der Waals surface area contributed by atoms with E-state index in [1.165, 1.54) is 28.7 Å². The van der Waals surface area contributed by atoms with E-state index in [-0.39, 0.29) is 29.9 Å². The number of rotatable bonds is 11. The van der Waals surface area contributed by atoms with E-state index >= 15 is 0 Å². The van der Waals surface area contributed by atoms with Gasteiger partial charge in [-0.1, -0.05) is 84.9 Å². The minimum atomic E-state index is -0.354. The highest BCUT2D eigenvalue weighted by molar-refractivity contribution is 5.82. The predicted molar refractivity (Wildman–Crippen MR) is 172 cm³/mol. The second kappa shape index (κ2) is 17.0. The van der Waals surface area contributed by atoms with Crippen LogP contribution in [-0.2, 0) is 22.6 Å². The van der Waals surface area contributed by atoms with E-state index in [0.717, 1.165) is 19.5 Å².